The number of aromatic nitrogens is 2. The molecule has 0 saturated heterocycles. The number of nitrogens with zero attached hydrogens (tertiary/aromatic N) is 2. The SMILES string of the molecule is Clc1ccccc1CSc1ncnc2scc(-c3ccc(Br)cc3)c12. The number of thioether (sulfide) groups is 1. The minimum absolute atomic E-state index is 0.779. The van der Waals surface area contributed by atoms with E-state index in [1.807, 2.05) is 18.2 Å². The fourth-order valence-electron chi connectivity index (χ4n) is 2.56. The number of hydrogen-bond acceptors (Lipinski definition) is 4. The van der Waals surface area contributed by atoms with Gasteiger partial charge in [-0.3, -0.25) is 0 Å². The van der Waals surface area contributed by atoms with Crippen molar-refractivity contribution in [1.29, 1.82) is 0 Å². The minimum Gasteiger partial charge on any atom is -0.229 e. The number of fused-ring (bicyclic) bond motifs is 1. The second-order valence-corrected chi connectivity index (χ2v) is 8.54. The Kier molecular flexibility index (Phi) is 5.08. The Morgan fingerprint density at radius 1 is 1.04 bits per heavy atom. The molecule has 6 heteroatoms. The predicted molar refractivity (Wildman–Crippen MR) is 112 cm³/mol. The summed E-state index contributed by atoms with van der Waals surface area (Å²) in [6.07, 6.45) is 1.64. The van der Waals surface area contributed by atoms with Crippen molar-refractivity contribution in [2.45, 2.75) is 10.8 Å². The molecule has 0 radical (unpaired) electrons. The quantitative estimate of drug-likeness (QED) is 0.247. The summed E-state index contributed by atoms with van der Waals surface area (Å²) < 4.78 is 1.07. The van der Waals surface area contributed by atoms with E-state index in [0.29, 0.717) is 0 Å². The lowest BCUT2D eigenvalue weighted by Crippen LogP contribution is -1.88. The number of halogens is 2. The Balaban J connectivity index is 1.73. The molecule has 0 fully saturated rings. The van der Waals surface area contributed by atoms with Gasteiger partial charge in [-0.15, -0.1) is 23.1 Å². The molecule has 4 rings (SSSR count). The van der Waals surface area contributed by atoms with Gasteiger partial charge in [-0.25, -0.2) is 9.97 Å². The fourth-order valence-corrected chi connectivity index (χ4v) is 5.10. The van der Waals surface area contributed by atoms with Crippen LogP contribution >= 0.6 is 50.6 Å². The van der Waals surface area contributed by atoms with Crippen LogP contribution in [-0.4, -0.2) is 9.97 Å². The minimum atomic E-state index is 0.779. The summed E-state index contributed by atoms with van der Waals surface area (Å²) in [5, 5.41) is 5.05. The highest BCUT2D eigenvalue weighted by Crippen LogP contribution is 2.39. The third-order valence-electron chi connectivity index (χ3n) is 3.81. The molecule has 2 nitrogen and oxygen atoms in total. The van der Waals surface area contributed by atoms with Crippen LogP contribution in [0.4, 0.5) is 0 Å². The van der Waals surface area contributed by atoms with Gasteiger partial charge in [-0.2, -0.15) is 0 Å². The lowest BCUT2D eigenvalue weighted by atomic mass is 10.1. The molecular weight excluding hydrogens is 436 g/mol. The molecule has 0 bridgehead atoms. The van der Waals surface area contributed by atoms with Crippen LogP contribution in [0.1, 0.15) is 5.56 Å². The van der Waals surface area contributed by atoms with Crippen molar-refractivity contribution in [3.05, 3.63) is 75.3 Å². The van der Waals surface area contributed by atoms with Gasteiger partial charge in [0.05, 0.1) is 5.39 Å². The van der Waals surface area contributed by atoms with E-state index in [4.69, 9.17) is 11.6 Å². The molecule has 0 aliphatic rings. The zero-order valence-corrected chi connectivity index (χ0v) is 16.9. The van der Waals surface area contributed by atoms with Gasteiger partial charge in [0.15, 0.2) is 0 Å². The molecule has 25 heavy (non-hydrogen) atoms. The van der Waals surface area contributed by atoms with E-state index in [9.17, 15) is 0 Å². The molecule has 0 unspecified atom stereocenters. The Morgan fingerprint density at radius 2 is 1.84 bits per heavy atom. The summed E-state index contributed by atoms with van der Waals surface area (Å²) in [4.78, 5) is 9.98. The summed E-state index contributed by atoms with van der Waals surface area (Å²) >= 11 is 13.1. The Morgan fingerprint density at radius 3 is 2.64 bits per heavy atom. The largest absolute Gasteiger partial charge is 0.229 e. The number of thiophene rings is 1. The molecular formula is C19H12BrClN2S2. The molecule has 124 valence electrons. The molecule has 0 aliphatic carbocycles. The second-order valence-electron chi connectivity index (χ2n) is 5.40. The lowest BCUT2D eigenvalue weighted by molar-refractivity contribution is 1.11. The van der Waals surface area contributed by atoms with Gasteiger partial charge in [0.2, 0.25) is 0 Å². The third kappa shape index (κ3) is 3.60. The van der Waals surface area contributed by atoms with Gasteiger partial charge >= 0.3 is 0 Å². The van der Waals surface area contributed by atoms with Crippen LogP contribution in [0.25, 0.3) is 21.3 Å². The highest BCUT2D eigenvalue weighted by atomic mass is 79.9. The Hall–Kier alpha value is -1.40. The average Bonchev–Trinajstić information content (AvgIpc) is 3.06. The molecule has 2 aromatic heterocycles. The average molecular weight is 448 g/mol. The van der Waals surface area contributed by atoms with Crippen molar-refractivity contribution in [1.82, 2.24) is 9.97 Å². The van der Waals surface area contributed by atoms with Crippen molar-refractivity contribution in [2.24, 2.45) is 0 Å². The summed E-state index contributed by atoms with van der Waals surface area (Å²) in [6, 6.07) is 16.3. The lowest BCUT2D eigenvalue weighted by Gasteiger charge is -2.07. The molecule has 0 atom stereocenters. The molecule has 0 saturated carbocycles. The predicted octanol–water partition coefficient (Wildman–Crippen LogP) is 7.07. The summed E-state index contributed by atoms with van der Waals surface area (Å²) in [5.41, 5.74) is 3.46. The first kappa shape index (κ1) is 17.0. The molecule has 4 aromatic rings. The molecule has 0 spiro atoms. The van der Waals surface area contributed by atoms with Crippen molar-refractivity contribution < 1.29 is 0 Å². The maximum atomic E-state index is 6.28. The van der Waals surface area contributed by atoms with E-state index >= 15 is 0 Å². The van der Waals surface area contributed by atoms with Crippen molar-refractivity contribution in [2.75, 3.05) is 0 Å². The first-order chi connectivity index (χ1) is 12.2. The third-order valence-corrected chi connectivity index (χ3v) is 6.63. The smallest absolute Gasteiger partial charge is 0.128 e. The van der Waals surface area contributed by atoms with Crippen LogP contribution in [0.3, 0.4) is 0 Å². The zero-order chi connectivity index (χ0) is 17.2. The van der Waals surface area contributed by atoms with Gasteiger partial charge in [-0.1, -0.05) is 57.9 Å². The van der Waals surface area contributed by atoms with E-state index in [-0.39, 0.29) is 0 Å². The fraction of sp³-hybridized carbons (Fsp3) is 0.0526. The van der Waals surface area contributed by atoms with Crippen LogP contribution in [-0.2, 0) is 5.75 Å². The molecule has 0 N–H and O–H groups in total. The Labute approximate surface area is 167 Å². The topological polar surface area (TPSA) is 25.8 Å². The van der Waals surface area contributed by atoms with Gasteiger partial charge in [0, 0.05) is 26.2 Å². The monoisotopic (exact) mass is 446 g/mol. The van der Waals surface area contributed by atoms with E-state index in [2.05, 4.69) is 61.6 Å². The summed E-state index contributed by atoms with van der Waals surface area (Å²) in [6.45, 7) is 0. The van der Waals surface area contributed by atoms with E-state index in [1.165, 1.54) is 11.1 Å². The summed E-state index contributed by atoms with van der Waals surface area (Å²) in [7, 11) is 0. The van der Waals surface area contributed by atoms with Gasteiger partial charge in [-0.05, 0) is 29.3 Å². The highest BCUT2D eigenvalue weighted by Gasteiger charge is 2.14. The molecule has 0 amide bonds. The maximum Gasteiger partial charge on any atom is 0.128 e. The van der Waals surface area contributed by atoms with Gasteiger partial charge in [0.25, 0.3) is 0 Å². The standard InChI is InChI=1S/C19H12BrClN2S2/c20-14-7-5-12(6-8-14)15-10-25-19-17(15)18(22-11-23-19)24-9-13-3-1-2-4-16(13)21/h1-8,10-11H,9H2. The van der Waals surface area contributed by atoms with E-state index < -0.39 is 0 Å². The van der Waals surface area contributed by atoms with Crippen LogP contribution in [0, 0.1) is 0 Å². The van der Waals surface area contributed by atoms with Crippen molar-refractivity contribution in [3.8, 4) is 11.1 Å². The Bertz CT molecular complexity index is 1030. The zero-order valence-electron chi connectivity index (χ0n) is 12.9. The normalized spacial score (nSPS) is 11.1. The van der Waals surface area contributed by atoms with Crippen LogP contribution < -0.4 is 0 Å². The van der Waals surface area contributed by atoms with Crippen molar-refractivity contribution >= 4 is 60.8 Å². The van der Waals surface area contributed by atoms with E-state index in [1.54, 1.807) is 29.4 Å². The van der Waals surface area contributed by atoms with E-state index in [0.717, 1.165) is 36.1 Å². The maximum absolute atomic E-state index is 6.28. The molecule has 2 heterocycles. The van der Waals surface area contributed by atoms with Crippen LogP contribution in [0.5, 0.6) is 0 Å². The summed E-state index contributed by atoms with van der Waals surface area (Å²) in [5.74, 6) is 0.779. The first-order valence-electron chi connectivity index (χ1n) is 7.57. The van der Waals surface area contributed by atoms with Crippen LogP contribution in [0.2, 0.25) is 5.02 Å². The number of rotatable bonds is 4. The first-order valence-corrected chi connectivity index (χ1v) is 10.6. The van der Waals surface area contributed by atoms with Crippen molar-refractivity contribution in [3.63, 3.8) is 0 Å². The highest BCUT2D eigenvalue weighted by molar-refractivity contribution is 9.10. The number of hydrogen-bond donors (Lipinski definition) is 0. The van der Waals surface area contributed by atoms with Gasteiger partial charge in [0.1, 0.15) is 16.2 Å². The van der Waals surface area contributed by atoms with Crippen LogP contribution in [0.15, 0.2) is 69.7 Å². The molecule has 0 aliphatic heterocycles. The van der Waals surface area contributed by atoms with Gasteiger partial charge < -0.3 is 0 Å². The second kappa shape index (κ2) is 7.46. The number of benzene rings is 2. The molecule has 2 aromatic carbocycles.